The van der Waals surface area contributed by atoms with E-state index < -0.39 is 42.1 Å². The standard InChI is InChI=1S/C23H17N2.C10H15F7O2.Ir/c1-17-12-14-18(15-13-17)21-16-24-22(19-8-4-2-5-9-19)23(25-21)20-10-6-3-7-11-20;1-7(2,3)5(18)4-6(19)8(11,12)9(13,14)10(15,16)17;/h2-8,10-16H,1H3;5-6,18-19H,4H2,1-3H3;/q-1;;. The van der Waals surface area contributed by atoms with Crippen molar-refractivity contribution in [1.82, 2.24) is 9.97 Å². The van der Waals surface area contributed by atoms with Gasteiger partial charge >= 0.3 is 18.0 Å². The topological polar surface area (TPSA) is 66.2 Å². The molecule has 1 radical (unpaired) electrons. The van der Waals surface area contributed by atoms with Crippen LogP contribution in [0.2, 0.25) is 0 Å². The van der Waals surface area contributed by atoms with Gasteiger partial charge in [-0.1, -0.05) is 80.9 Å². The van der Waals surface area contributed by atoms with Crippen LogP contribution < -0.4 is 0 Å². The average Bonchev–Trinajstić information content (AvgIpc) is 2.97. The summed E-state index contributed by atoms with van der Waals surface area (Å²) >= 11 is 0. The van der Waals surface area contributed by atoms with Gasteiger partial charge in [0.1, 0.15) is 6.10 Å². The fourth-order valence-corrected chi connectivity index (χ4v) is 3.90. The molecular weight excluding hydrogens is 782 g/mol. The third-order valence-corrected chi connectivity index (χ3v) is 6.77. The Kier molecular flexibility index (Phi) is 12.6. The van der Waals surface area contributed by atoms with Gasteiger partial charge in [0.25, 0.3) is 0 Å². The van der Waals surface area contributed by atoms with Gasteiger partial charge in [-0.3, -0.25) is 4.98 Å². The van der Waals surface area contributed by atoms with Crippen LogP contribution in [0, 0.1) is 18.4 Å². The quantitative estimate of drug-likeness (QED) is 0.145. The molecule has 2 unspecified atom stereocenters. The minimum absolute atomic E-state index is 0. The van der Waals surface area contributed by atoms with Gasteiger partial charge in [-0.15, -0.1) is 35.9 Å². The Balaban J connectivity index is 0.000000321. The summed E-state index contributed by atoms with van der Waals surface area (Å²) in [5.74, 6) is -12.1. The molecule has 12 heteroatoms. The van der Waals surface area contributed by atoms with Crippen molar-refractivity contribution in [2.75, 3.05) is 0 Å². The van der Waals surface area contributed by atoms with Gasteiger partial charge in [0.05, 0.1) is 17.5 Å². The number of aromatic nitrogens is 2. The van der Waals surface area contributed by atoms with E-state index in [1.807, 2.05) is 48.7 Å². The molecule has 4 aromatic rings. The zero-order valence-electron chi connectivity index (χ0n) is 24.7. The summed E-state index contributed by atoms with van der Waals surface area (Å²) in [5.41, 5.74) is 5.85. The maximum absolute atomic E-state index is 13.0. The van der Waals surface area contributed by atoms with E-state index in [9.17, 15) is 35.8 Å². The van der Waals surface area contributed by atoms with Crippen molar-refractivity contribution >= 4 is 0 Å². The van der Waals surface area contributed by atoms with E-state index in [0.29, 0.717) is 0 Å². The van der Waals surface area contributed by atoms with E-state index in [0.717, 1.165) is 33.8 Å². The molecule has 2 N–H and O–H groups in total. The smallest absolute Gasteiger partial charge is 0.392 e. The van der Waals surface area contributed by atoms with Crippen LogP contribution in [0.15, 0.2) is 85.1 Å². The van der Waals surface area contributed by atoms with E-state index in [1.54, 1.807) is 0 Å². The molecule has 0 bridgehead atoms. The number of halogens is 7. The van der Waals surface area contributed by atoms with E-state index in [-0.39, 0.29) is 20.1 Å². The summed E-state index contributed by atoms with van der Waals surface area (Å²) in [7, 11) is 0. The Hall–Kier alpha value is -3.18. The molecule has 0 aliphatic rings. The molecular formula is C33H32F7IrN2O2-. The number of hydrogen-bond acceptors (Lipinski definition) is 4. The number of aryl methyl sites for hydroxylation is 1. The fraction of sp³-hybridized carbons (Fsp3) is 0.333. The van der Waals surface area contributed by atoms with Crippen LogP contribution >= 0.6 is 0 Å². The Labute approximate surface area is 270 Å². The Morgan fingerprint density at radius 1 is 0.733 bits per heavy atom. The predicted molar refractivity (Wildman–Crippen MR) is 154 cm³/mol. The zero-order valence-corrected chi connectivity index (χ0v) is 27.1. The van der Waals surface area contributed by atoms with Crippen LogP contribution in [0.25, 0.3) is 33.8 Å². The molecule has 1 aromatic heterocycles. The predicted octanol–water partition coefficient (Wildman–Crippen LogP) is 8.56. The molecule has 2 atom stereocenters. The van der Waals surface area contributed by atoms with Gasteiger partial charge in [0, 0.05) is 44.0 Å². The molecule has 245 valence electrons. The molecule has 3 aromatic carbocycles. The molecule has 45 heavy (non-hydrogen) atoms. The van der Waals surface area contributed by atoms with Crippen molar-refractivity contribution in [1.29, 1.82) is 0 Å². The van der Waals surface area contributed by atoms with E-state index >= 15 is 0 Å². The normalized spacial score (nSPS) is 13.6. The zero-order chi connectivity index (χ0) is 32.9. The minimum Gasteiger partial charge on any atom is -0.392 e. The first-order valence-corrected chi connectivity index (χ1v) is 13.5. The number of aliphatic hydroxyl groups excluding tert-OH is 2. The van der Waals surface area contributed by atoms with Gasteiger partial charge in [-0.2, -0.15) is 30.7 Å². The van der Waals surface area contributed by atoms with E-state index in [2.05, 4.69) is 49.4 Å². The summed E-state index contributed by atoms with van der Waals surface area (Å²) in [6.45, 7) is 6.14. The Morgan fingerprint density at radius 2 is 1.31 bits per heavy atom. The number of alkyl halides is 7. The maximum atomic E-state index is 13.0. The largest absolute Gasteiger partial charge is 0.459 e. The van der Waals surface area contributed by atoms with Crippen molar-refractivity contribution in [2.24, 2.45) is 5.41 Å². The first-order chi connectivity index (χ1) is 20.4. The second-order valence-corrected chi connectivity index (χ2v) is 11.3. The molecule has 0 amide bonds. The number of benzene rings is 3. The molecule has 0 saturated carbocycles. The Morgan fingerprint density at radius 3 is 1.82 bits per heavy atom. The molecule has 0 fully saturated rings. The van der Waals surface area contributed by atoms with Gasteiger partial charge in [0.15, 0.2) is 0 Å². The first kappa shape index (κ1) is 38.0. The van der Waals surface area contributed by atoms with Crippen molar-refractivity contribution < 1.29 is 61.1 Å². The molecule has 1 heterocycles. The second-order valence-electron chi connectivity index (χ2n) is 11.3. The fourth-order valence-electron chi connectivity index (χ4n) is 3.90. The summed E-state index contributed by atoms with van der Waals surface area (Å²) in [4.78, 5) is 9.67. The number of aliphatic hydroxyl groups is 2. The van der Waals surface area contributed by atoms with Crippen molar-refractivity contribution in [3.8, 4) is 33.8 Å². The SMILES string of the molecule is CC(C)(C)C(O)CC(O)C(F)(F)C(F)(F)C(F)(F)F.Cc1ccc(-c2cnc(-c3[c-]cccc3)c(-c3ccccc3)n2)cc1.[Ir]. The minimum atomic E-state index is -6.50. The number of rotatable bonds is 7. The van der Waals surface area contributed by atoms with Crippen LogP contribution in [-0.4, -0.2) is 50.4 Å². The summed E-state index contributed by atoms with van der Waals surface area (Å²) in [6.07, 6.45) is -10.9. The van der Waals surface area contributed by atoms with Crippen LogP contribution in [-0.2, 0) is 20.1 Å². The second kappa shape index (κ2) is 14.9. The van der Waals surface area contributed by atoms with Crippen LogP contribution in [0.5, 0.6) is 0 Å². The van der Waals surface area contributed by atoms with Gasteiger partial charge in [0.2, 0.25) is 0 Å². The number of nitrogens with zero attached hydrogens (tertiary/aromatic N) is 2. The summed E-state index contributed by atoms with van der Waals surface area (Å²) in [5, 5.41) is 18.3. The summed E-state index contributed by atoms with van der Waals surface area (Å²) in [6, 6.07) is 29.7. The molecule has 4 rings (SSSR count). The van der Waals surface area contributed by atoms with Gasteiger partial charge in [-0.05, 0) is 17.9 Å². The molecule has 0 saturated heterocycles. The molecule has 4 nitrogen and oxygen atoms in total. The molecule has 0 aliphatic carbocycles. The maximum Gasteiger partial charge on any atom is 0.459 e. The van der Waals surface area contributed by atoms with Gasteiger partial charge < -0.3 is 15.2 Å². The monoisotopic (exact) mass is 814 g/mol. The third-order valence-electron chi connectivity index (χ3n) is 6.77. The van der Waals surface area contributed by atoms with Crippen LogP contribution in [0.3, 0.4) is 0 Å². The van der Waals surface area contributed by atoms with Crippen LogP contribution in [0.1, 0.15) is 32.8 Å². The van der Waals surface area contributed by atoms with Crippen LogP contribution in [0.4, 0.5) is 30.7 Å². The van der Waals surface area contributed by atoms with Gasteiger partial charge in [-0.25, -0.2) is 0 Å². The van der Waals surface area contributed by atoms with Crippen molar-refractivity contribution in [3.63, 3.8) is 0 Å². The first-order valence-electron chi connectivity index (χ1n) is 13.5. The number of hydrogen-bond donors (Lipinski definition) is 2. The van der Waals surface area contributed by atoms with E-state index in [4.69, 9.17) is 15.1 Å². The Bertz CT molecular complexity index is 1500. The third kappa shape index (κ3) is 9.19. The average molecular weight is 814 g/mol. The van der Waals surface area contributed by atoms with E-state index in [1.165, 1.54) is 26.3 Å². The summed E-state index contributed by atoms with van der Waals surface area (Å²) < 4.78 is 86.8. The van der Waals surface area contributed by atoms with Crippen molar-refractivity contribution in [3.05, 3.63) is 96.7 Å². The molecule has 0 spiro atoms. The van der Waals surface area contributed by atoms with Crippen molar-refractivity contribution in [2.45, 2.75) is 64.3 Å². The molecule has 0 aliphatic heterocycles.